The van der Waals surface area contributed by atoms with Crippen molar-refractivity contribution < 1.29 is 19.4 Å². The third-order valence-electron chi connectivity index (χ3n) is 4.78. The first-order chi connectivity index (χ1) is 14.9. The Morgan fingerprint density at radius 1 is 1.06 bits per heavy atom. The lowest BCUT2D eigenvalue weighted by atomic mass is 9.95. The van der Waals surface area contributed by atoms with Crippen molar-refractivity contribution in [2.75, 3.05) is 4.90 Å². The van der Waals surface area contributed by atoms with E-state index in [2.05, 4.69) is 10.2 Å². The fourth-order valence-electron chi connectivity index (χ4n) is 3.48. The quantitative estimate of drug-likeness (QED) is 0.366. The zero-order valence-electron chi connectivity index (χ0n) is 17.3. The summed E-state index contributed by atoms with van der Waals surface area (Å²) in [4.78, 5) is 27.3. The monoisotopic (exact) mass is 435 g/mol. The standard InChI is InChI=1S/C23H21N3O4S/c1-13(2)30-17-11-9-16(10-12-17)20(27)18-19(15-7-5-4-6-8-15)26(22(29)21(18)28)23-25-24-14(3)31-23/h4-13,19,27H,1-3H3. The molecular weight excluding hydrogens is 414 g/mol. The van der Waals surface area contributed by atoms with E-state index in [1.54, 1.807) is 31.2 Å². The maximum atomic E-state index is 13.0. The number of benzene rings is 2. The first kappa shape index (κ1) is 20.7. The molecule has 1 atom stereocenters. The summed E-state index contributed by atoms with van der Waals surface area (Å²) in [6.07, 6.45) is 0.0122. The summed E-state index contributed by atoms with van der Waals surface area (Å²) in [5.41, 5.74) is 1.13. The highest BCUT2D eigenvalue weighted by molar-refractivity contribution is 7.15. The molecule has 0 saturated carbocycles. The minimum Gasteiger partial charge on any atom is -0.507 e. The number of nitrogens with zero attached hydrogens (tertiary/aromatic N) is 3. The highest BCUT2D eigenvalue weighted by Gasteiger charge is 2.48. The summed E-state index contributed by atoms with van der Waals surface area (Å²) in [5, 5.41) is 20.1. The largest absolute Gasteiger partial charge is 0.507 e. The van der Waals surface area contributed by atoms with Crippen molar-refractivity contribution >= 4 is 33.9 Å². The number of ketones is 1. The van der Waals surface area contributed by atoms with Crippen LogP contribution in [0.3, 0.4) is 0 Å². The van der Waals surface area contributed by atoms with Crippen LogP contribution in [0.1, 0.15) is 36.0 Å². The van der Waals surface area contributed by atoms with Gasteiger partial charge in [0.25, 0.3) is 5.78 Å². The average molecular weight is 436 g/mol. The number of hydrogen-bond acceptors (Lipinski definition) is 7. The van der Waals surface area contributed by atoms with Crippen LogP contribution >= 0.6 is 11.3 Å². The zero-order valence-corrected chi connectivity index (χ0v) is 18.1. The molecule has 1 N–H and O–H groups in total. The van der Waals surface area contributed by atoms with Crippen LogP contribution < -0.4 is 9.64 Å². The number of hydrogen-bond donors (Lipinski definition) is 1. The van der Waals surface area contributed by atoms with Crippen LogP contribution in [0.15, 0.2) is 60.2 Å². The molecule has 0 spiro atoms. The number of amides is 1. The van der Waals surface area contributed by atoms with E-state index in [1.807, 2.05) is 44.2 Å². The van der Waals surface area contributed by atoms with Gasteiger partial charge in [0.1, 0.15) is 16.5 Å². The van der Waals surface area contributed by atoms with Gasteiger partial charge in [-0.1, -0.05) is 41.7 Å². The van der Waals surface area contributed by atoms with E-state index >= 15 is 0 Å². The van der Waals surface area contributed by atoms with Gasteiger partial charge >= 0.3 is 5.91 Å². The molecule has 31 heavy (non-hydrogen) atoms. The van der Waals surface area contributed by atoms with Gasteiger partial charge in [-0.15, -0.1) is 10.2 Å². The van der Waals surface area contributed by atoms with Crippen LogP contribution in [0.5, 0.6) is 5.75 Å². The molecule has 0 radical (unpaired) electrons. The van der Waals surface area contributed by atoms with Gasteiger partial charge < -0.3 is 9.84 Å². The predicted molar refractivity (Wildman–Crippen MR) is 118 cm³/mol. The lowest BCUT2D eigenvalue weighted by molar-refractivity contribution is -0.132. The van der Waals surface area contributed by atoms with Gasteiger partial charge in [-0.25, -0.2) is 0 Å². The van der Waals surface area contributed by atoms with Gasteiger partial charge in [-0.05, 0) is 50.6 Å². The van der Waals surface area contributed by atoms with Gasteiger partial charge in [0.05, 0.1) is 17.7 Å². The number of aliphatic hydroxyl groups is 1. The first-order valence-electron chi connectivity index (χ1n) is 9.80. The SMILES string of the molecule is Cc1nnc(N2C(=O)C(=O)C(=C(O)c3ccc(OC(C)C)cc3)C2c2ccccc2)s1. The molecule has 1 aliphatic rings. The Bertz CT molecular complexity index is 1150. The topological polar surface area (TPSA) is 92.6 Å². The van der Waals surface area contributed by atoms with Crippen LogP contribution in [0.4, 0.5) is 5.13 Å². The van der Waals surface area contributed by atoms with E-state index in [0.717, 1.165) is 0 Å². The van der Waals surface area contributed by atoms with Gasteiger partial charge in [-0.3, -0.25) is 14.5 Å². The normalized spacial score (nSPS) is 18.1. The van der Waals surface area contributed by atoms with Gasteiger partial charge in [0.2, 0.25) is 5.13 Å². The molecular formula is C23H21N3O4S. The van der Waals surface area contributed by atoms with Gasteiger partial charge in [-0.2, -0.15) is 0 Å². The predicted octanol–water partition coefficient (Wildman–Crippen LogP) is 4.26. The summed E-state index contributed by atoms with van der Waals surface area (Å²) in [7, 11) is 0. The molecule has 4 rings (SSSR count). The fraction of sp³-hybridized carbons (Fsp3) is 0.217. The Kier molecular flexibility index (Phi) is 5.56. The van der Waals surface area contributed by atoms with Crippen molar-refractivity contribution in [1.29, 1.82) is 0 Å². The highest BCUT2D eigenvalue weighted by Crippen LogP contribution is 2.42. The summed E-state index contributed by atoms with van der Waals surface area (Å²) < 4.78 is 5.64. The number of Topliss-reactive ketones (excluding diaryl/α,β-unsaturated/α-hetero) is 1. The number of anilines is 1. The molecule has 2 heterocycles. The number of aromatic nitrogens is 2. The smallest absolute Gasteiger partial charge is 0.301 e. The maximum Gasteiger partial charge on any atom is 0.301 e. The average Bonchev–Trinajstić information content (AvgIpc) is 3.29. The third-order valence-corrected chi connectivity index (χ3v) is 5.62. The van der Waals surface area contributed by atoms with Crippen LogP contribution in [-0.2, 0) is 9.59 Å². The Morgan fingerprint density at radius 2 is 1.74 bits per heavy atom. The van der Waals surface area contributed by atoms with E-state index in [-0.39, 0.29) is 17.4 Å². The second-order valence-corrected chi connectivity index (χ2v) is 8.53. The molecule has 1 unspecified atom stereocenters. The van der Waals surface area contributed by atoms with Crippen LogP contribution in [0, 0.1) is 6.92 Å². The number of rotatable bonds is 5. The van der Waals surface area contributed by atoms with E-state index in [0.29, 0.717) is 27.0 Å². The molecule has 8 heteroatoms. The van der Waals surface area contributed by atoms with Crippen molar-refractivity contribution in [3.8, 4) is 5.75 Å². The van der Waals surface area contributed by atoms with Crippen molar-refractivity contribution in [3.05, 3.63) is 76.3 Å². The lowest BCUT2D eigenvalue weighted by Gasteiger charge is -2.22. The second kappa shape index (κ2) is 8.31. The summed E-state index contributed by atoms with van der Waals surface area (Å²) >= 11 is 1.22. The Morgan fingerprint density at radius 3 is 2.32 bits per heavy atom. The molecule has 1 fully saturated rings. The number of aliphatic hydroxyl groups excluding tert-OH is 1. The molecule has 1 aliphatic heterocycles. The van der Waals surface area contributed by atoms with E-state index in [1.165, 1.54) is 16.2 Å². The maximum absolute atomic E-state index is 13.0. The second-order valence-electron chi connectivity index (χ2n) is 7.37. The highest BCUT2D eigenvalue weighted by atomic mass is 32.1. The van der Waals surface area contributed by atoms with Crippen LogP contribution in [0.25, 0.3) is 5.76 Å². The van der Waals surface area contributed by atoms with Crippen molar-refractivity contribution in [1.82, 2.24) is 10.2 Å². The van der Waals surface area contributed by atoms with E-state index in [9.17, 15) is 14.7 Å². The number of carbonyl (C=O) groups is 2. The van der Waals surface area contributed by atoms with E-state index < -0.39 is 17.7 Å². The summed E-state index contributed by atoms with van der Waals surface area (Å²) in [6.45, 7) is 5.62. The molecule has 2 aromatic carbocycles. The van der Waals surface area contributed by atoms with Crippen molar-refractivity contribution in [3.63, 3.8) is 0 Å². The van der Waals surface area contributed by atoms with E-state index in [4.69, 9.17) is 4.74 Å². The third kappa shape index (κ3) is 3.94. The fourth-order valence-corrected chi connectivity index (χ4v) is 4.20. The molecule has 1 amide bonds. The van der Waals surface area contributed by atoms with Crippen LogP contribution in [-0.4, -0.2) is 33.1 Å². The minimum absolute atomic E-state index is 0.0122. The summed E-state index contributed by atoms with van der Waals surface area (Å²) in [6, 6.07) is 15.1. The number of aryl methyl sites for hydroxylation is 1. The number of carbonyl (C=O) groups excluding carboxylic acids is 2. The molecule has 0 aliphatic carbocycles. The molecule has 3 aromatic rings. The van der Waals surface area contributed by atoms with Gasteiger partial charge in [0.15, 0.2) is 0 Å². The van der Waals surface area contributed by atoms with Gasteiger partial charge in [0, 0.05) is 5.56 Å². The number of ether oxygens (including phenoxy) is 1. The molecule has 1 aromatic heterocycles. The minimum atomic E-state index is -0.805. The summed E-state index contributed by atoms with van der Waals surface area (Å²) in [5.74, 6) is -1.10. The Labute approximate surface area is 183 Å². The Hall–Kier alpha value is -3.52. The lowest BCUT2D eigenvalue weighted by Crippen LogP contribution is -2.29. The molecule has 1 saturated heterocycles. The first-order valence-corrected chi connectivity index (χ1v) is 10.6. The molecule has 158 valence electrons. The molecule has 7 nitrogen and oxygen atoms in total. The zero-order chi connectivity index (χ0) is 22.1. The Balaban J connectivity index is 1.84. The van der Waals surface area contributed by atoms with Crippen molar-refractivity contribution in [2.45, 2.75) is 32.9 Å². The molecule has 0 bridgehead atoms. The van der Waals surface area contributed by atoms with Crippen LogP contribution in [0.2, 0.25) is 0 Å². The van der Waals surface area contributed by atoms with Crippen molar-refractivity contribution in [2.24, 2.45) is 0 Å².